The first-order valence-electron chi connectivity index (χ1n) is 12.0. The van der Waals surface area contributed by atoms with E-state index >= 15 is 0 Å². The lowest BCUT2D eigenvalue weighted by Gasteiger charge is -2.11. The minimum Gasteiger partial charge on any atom is -0.288 e. The number of aromatic nitrogens is 4. The van der Waals surface area contributed by atoms with Crippen molar-refractivity contribution in [2.45, 2.75) is 12.8 Å². The van der Waals surface area contributed by atoms with Gasteiger partial charge in [0.2, 0.25) is 0 Å². The highest BCUT2D eigenvalue weighted by atomic mass is 15.1. The number of nitrogens with zero attached hydrogens (tertiary/aromatic N) is 4. The Morgan fingerprint density at radius 2 is 1.40 bits per heavy atom. The summed E-state index contributed by atoms with van der Waals surface area (Å²) < 4.78 is 2.22. The Hall–Kier alpha value is -4.57. The summed E-state index contributed by atoms with van der Waals surface area (Å²) >= 11 is 0. The summed E-state index contributed by atoms with van der Waals surface area (Å²) in [6.07, 6.45) is 7.62. The summed E-state index contributed by atoms with van der Waals surface area (Å²) in [5.41, 5.74) is 15.0. The summed E-state index contributed by atoms with van der Waals surface area (Å²) in [6.45, 7) is 0. The van der Waals surface area contributed by atoms with Gasteiger partial charge >= 0.3 is 0 Å². The zero-order chi connectivity index (χ0) is 22.7. The summed E-state index contributed by atoms with van der Waals surface area (Å²) in [5, 5.41) is 3.59. The van der Waals surface area contributed by atoms with Gasteiger partial charge in [-0.05, 0) is 105 Å². The van der Waals surface area contributed by atoms with Crippen molar-refractivity contribution in [2.75, 3.05) is 0 Å². The molecule has 0 aliphatic heterocycles. The number of hydrogen-bond donors (Lipinski definition) is 0. The average molecular weight is 447 g/mol. The second kappa shape index (κ2) is 6.10. The molecule has 4 heteroatoms. The number of fused-ring (bicyclic) bond motifs is 14. The van der Waals surface area contributed by atoms with E-state index < -0.39 is 0 Å². The molecular formula is C31H18N4. The van der Waals surface area contributed by atoms with Crippen LogP contribution in [0.5, 0.6) is 0 Å². The predicted octanol–water partition coefficient (Wildman–Crippen LogP) is 6.73. The number of benzene rings is 3. The Balaban J connectivity index is 1.37. The molecule has 4 nitrogen and oxygen atoms in total. The van der Waals surface area contributed by atoms with Crippen LogP contribution in [0, 0.1) is 0 Å². The highest BCUT2D eigenvalue weighted by Crippen LogP contribution is 2.46. The molecule has 2 aliphatic carbocycles. The van der Waals surface area contributed by atoms with Crippen molar-refractivity contribution >= 4 is 38.5 Å². The lowest BCUT2D eigenvalue weighted by atomic mass is 9.96. The minimum absolute atomic E-state index is 0.765. The predicted molar refractivity (Wildman–Crippen MR) is 140 cm³/mol. The van der Waals surface area contributed by atoms with E-state index in [0.717, 1.165) is 40.6 Å². The molecule has 4 aromatic heterocycles. The lowest BCUT2D eigenvalue weighted by molar-refractivity contribution is 1.24. The molecule has 0 fully saturated rings. The topological polar surface area (TPSA) is 43.1 Å². The molecule has 0 atom stereocenters. The fraction of sp³-hybridized carbons (Fsp3) is 0.0645. The Kier molecular flexibility index (Phi) is 3.11. The molecule has 0 amide bonds. The summed E-state index contributed by atoms with van der Waals surface area (Å²) in [7, 11) is 0. The van der Waals surface area contributed by atoms with Crippen molar-refractivity contribution in [2.24, 2.45) is 0 Å². The van der Waals surface area contributed by atoms with Gasteiger partial charge in [0.25, 0.3) is 0 Å². The van der Waals surface area contributed by atoms with Crippen LogP contribution < -0.4 is 0 Å². The van der Waals surface area contributed by atoms with Gasteiger partial charge in [0.1, 0.15) is 5.65 Å². The highest BCUT2D eigenvalue weighted by molar-refractivity contribution is 6.15. The first kappa shape index (κ1) is 17.8. The van der Waals surface area contributed by atoms with Crippen molar-refractivity contribution in [1.82, 2.24) is 19.4 Å². The zero-order valence-electron chi connectivity index (χ0n) is 18.8. The van der Waals surface area contributed by atoms with Crippen LogP contribution in [0.3, 0.4) is 0 Å². The van der Waals surface area contributed by atoms with Crippen molar-refractivity contribution < 1.29 is 0 Å². The number of imidazole rings is 1. The van der Waals surface area contributed by atoms with Gasteiger partial charge in [0, 0.05) is 23.2 Å². The van der Waals surface area contributed by atoms with Gasteiger partial charge in [-0.15, -0.1) is 0 Å². The van der Waals surface area contributed by atoms with Crippen LogP contribution in [-0.2, 0) is 12.8 Å². The van der Waals surface area contributed by atoms with Gasteiger partial charge in [-0.2, -0.15) is 0 Å². The van der Waals surface area contributed by atoms with Crippen LogP contribution in [0.2, 0.25) is 0 Å². The van der Waals surface area contributed by atoms with E-state index in [0.29, 0.717) is 0 Å². The van der Waals surface area contributed by atoms with E-state index in [9.17, 15) is 0 Å². The van der Waals surface area contributed by atoms with Crippen molar-refractivity contribution in [3.8, 4) is 22.3 Å². The van der Waals surface area contributed by atoms with Gasteiger partial charge in [0.15, 0.2) is 5.65 Å². The molecule has 4 heterocycles. The minimum atomic E-state index is 0.765. The molecule has 0 bridgehead atoms. The van der Waals surface area contributed by atoms with Crippen molar-refractivity contribution in [3.63, 3.8) is 0 Å². The molecule has 0 radical (unpaired) electrons. The van der Waals surface area contributed by atoms with Gasteiger partial charge < -0.3 is 0 Å². The molecule has 2 aliphatic rings. The molecule has 0 N–H and O–H groups in total. The largest absolute Gasteiger partial charge is 0.288 e. The molecule has 3 aromatic carbocycles. The molecule has 35 heavy (non-hydrogen) atoms. The normalized spacial score (nSPS) is 13.5. The van der Waals surface area contributed by atoms with Crippen LogP contribution in [-0.4, -0.2) is 19.4 Å². The average Bonchev–Trinajstić information content (AvgIpc) is 3.57. The maximum atomic E-state index is 4.98. The van der Waals surface area contributed by atoms with Crippen molar-refractivity contribution in [1.29, 1.82) is 0 Å². The fourth-order valence-corrected chi connectivity index (χ4v) is 6.41. The van der Waals surface area contributed by atoms with Crippen LogP contribution in [0.15, 0.2) is 85.3 Å². The van der Waals surface area contributed by atoms with Crippen LogP contribution in [0.4, 0.5) is 0 Å². The fourth-order valence-electron chi connectivity index (χ4n) is 6.41. The van der Waals surface area contributed by atoms with Crippen molar-refractivity contribution in [3.05, 3.63) is 108 Å². The second-order valence-electron chi connectivity index (χ2n) is 9.74. The highest BCUT2D eigenvalue weighted by Gasteiger charge is 2.26. The Morgan fingerprint density at radius 1 is 0.600 bits per heavy atom. The lowest BCUT2D eigenvalue weighted by Crippen LogP contribution is -1.93. The van der Waals surface area contributed by atoms with E-state index in [1.165, 1.54) is 55.3 Å². The smallest absolute Gasteiger partial charge is 0.178 e. The standard InChI is InChI=1S/C31H18N4/c1-2-5-21-17(4-1)10-18-13-24-19(12-23(18)21)11-20-14-26-22-7-9-32-16-29(22)35-28-6-3-8-33-30(28)34-31(35)27(26)15-25(20)24/h1-9,12-16H,10-11H2. The van der Waals surface area contributed by atoms with Gasteiger partial charge in [-0.3, -0.25) is 9.38 Å². The third-order valence-electron chi connectivity index (χ3n) is 7.93. The Bertz CT molecular complexity index is 2070. The quantitative estimate of drug-likeness (QED) is 0.243. The van der Waals surface area contributed by atoms with E-state index in [-0.39, 0.29) is 0 Å². The first-order chi connectivity index (χ1) is 17.3. The van der Waals surface area contributed by atoms with E-state index in [2.05, 4.69) is 75.0 Å². The number of pyridine rings is 3. The third-order valence-corrected chi connectivity index (χ3v) is 7.93. The van der Waals surface area contributed by atoms with Gasteiger partial charge in [-0.25, -0.2) is 9.97 Å². The van der Waals surface area contributed by atoms with E-state index in [4.69, 9.17) is 4.98 Å². The Morgan fingerprint density at radius 3 is 2.34 bits per heavy atom. The molecule has 7 aromatic rings. The molecule has 0 saturated heterocycles. The monoisotopic (exact) mass is 446 g/mol. The van der Waals surface area contributed by atoms with E-state index in [1.54, 1.807) is 0 Å². The maximum Gasteiger partial charge on any atom is 0.178 e. The molecule has 0 unspecified atom stereocenters. The van der Waals surface area contributed by atoms with Crippen LogP contribution >= 0.6 is 0 Å². The third kappa shape index (κ3) is 2.20. The van der Waals surface area contributed by atoms with Crippen LogP contribution in [0.1, 0.15) is 22.3 Å². The van der Waals surface area contributed by atoms with Gasteiger partial charge in [0.05, 0.1) is 17.2 Å². The zero-order valence-corrected chi connectivity index (χ0v) is 18.8. The first-order valence-corrected chi connectivity index (χ1v) is 12.0. The molecule has 0 saturated carbocycles. The van der Waals surface area contributed by atoms with Crippen LogP contribution in [0.25, 0.3) is 60.7 Å². The summed E-state index contributed by atoms with van der Waals surface area (Å²) in [5.74, 6) is 0. The molecule has 0 spiro atoms. The summed E-state index contributed by atoms with van der Waals surface area (Å²) in [4.78, 5) is 14.0. The SMILES string of the molecule is c1ccc2c(c1)Cc1cc3c(cc1-2)Cc1cc2c4ccncc4n4c5cccnc5nc4c2cc1-3. The van der Waals surface area contributed by atoms with E-state index in [1.807, 2.05) is 24.7 Å². The maximum absolute atomic E-state index is 4.98. The Labute approximate surface area is 200 Å². The molecular weight excluding hydrogens is 428 g/mol. The second-order valence-corrected chi connectivity index (χ2v) is 9.74. The molecule has 9 rings (SSSR count). The summed E-state index contributed by atoms with van der Waals surface area (Å²) in [6, 6.07) is 24.6. The molecule has 162 valence electrons. The van der Waals surface area contributed by atoms with Gasteiger partial charge in [-0.1, -0.05) is 24.3 Å². The number of rotatable bonds is 0. The number of hydrogen-bond acceptors (Lipinski definition) is 3.